The number of ether oxygens (including phenoxy) is 3. The average Bonchev–Trinajstić information content (AvgIpc) is 3.25. The Morgan fingerprint density at radius 2 is 1.97 bits per heavy atom. The molecule has 0 bridgehead atoms. The second-order valence-electron chi connectivity index (χ2n) is 7.87. The van der Waals surface area contributed by atoms with Gasteiger partial charge in [0.15, 0.2) is 0 Å². The SMILES string of the molecule is C=CC(=O)NC1CCOCC1Nc1ccc2c(ccn2Cc2c(Cl)c(OC)cc(OC)c2Cl)n1. The number of halogens is 2. The van der Waals surface area contributed by atoms with E-state index in [9.17, 15) is 4.79 Å². The lowest BCUT2D eigenvalue weighted by Gasteiger charge is -2.32. The molecule has 0 spiro atoms. The molecule has 34 heavy (non-hydrogen) atoms. The molecule has 0 radical (unpaired) electrons. The van der Waals surface area contributed by atoms with Crippen molar-refractivity contribution in [1.29, 1.82) is 0 Å². The van der Waals surface area contributed by atoms with Crippen molar-refractivity contribution in [2.75, 3.05) is 32.8 Å². The van der Waals surface area contributed by atoms with Crippen LogP contribution in [0.15, 0.2) is 43.1 Å². The molecule has 1 amide bonds. The highest BCUT2D eigenvalue weighted by molar-refractivity contribution is 6.37. The molecule has 2 unspecified atom stereocenters. The number of rotatable bonds is 8. The van der Waals surface area contributed by atoms with E-state index in [2.05, 4.69) is 17.2 Å². The molecule has 2 atom stereocenters. The third kappa shape index (κ3) is 4.94. The van der Waals surface area contributed by atoms with Gasteiger partial charge in [-0.15, -0.1) is 0 Å². The summed E-state index contributed by atoms with van der Waals surface area (Å²) in [5, 5.41) is 7.22. The molecule has 180 valence electrons. The molecular formula is C24H26Cl2N4O4. The van der Waals surface area contributed by atoms with Crippen molar-refractivity contribution in [3.63, 3.8) is 0 Å². The van der Waals surface area contributed by atoms with Crippen LogP contribution in [0.1, 0.15) is 12.0 Å². The number of carbonyl (C=O) groups is 1. The highest BCUT2D eigenvalue weighted by Crippen LogP contribution is 2.41. The van der Waals surface area contributed by atoms with Crippen LogP contribution in [0.3, 0.4) is 0 Å². The summed E-state index contributed by atoms with van der Waals surface area (Å²) in [5.41, 5.74) is 2.41. The highest BCUT2D eigenvalue weighted by Gasteiger charge is 2.27. The van der Waals surface area contributed by atoms with E-state index in [-0.39, 0.29) is 18.0 Å². The molecule has 3 aromatic rings. The van der Waals surface area contributed by atoms with Gasteiger partial charge < -0.3 is 29.4 Å². The van der Waals surface area contributed by atoms with Crippen molar-refractivity contribution < 1.29 is 19.0 Å². The van der Waals surface area contributed by atoms with Gasteiger partial charge in [0.05, 0.1) is 60.5 Å². The fourth-order valence-electron chi connectivity index (χ4n) is 4.02. The zero-order valence-electron chi connectivity index (χ0n) is 18.9. The second-order valence-corrected chi connectivity index (χ2v) is 8.62. The lowest BCUT2D eigenvalue weighted by atomic mass is 10.0. The fourth-order valence-corrected chi connectivity index (χ4v) is 4.64. The van der Waals surface area contributed by atoms with Crippen LogP contribution >= 0.6 is 23.2 Å². The maximum Gasteiger partial charge on any atom is 0.243 e. The summed E-state index contributed by atoms with van der Waals surface area (Å²) >= 11 is 13.1. The van der Waals surface area contributed by atoms with E-state index in [0.29, 0.717) is 59.1 Å². The zero-order chi connectivity index (χ0) is 24.2. The van der Waals surface area contributed by atoms with Gasteiger partial charge in [0.2, 0.25) is 5.91 Å². The number of carbonyl (C=O) groups excluding carboxylic acids is 1. The zero-order valence-corrected chi connectivity index (χ0v) is 20.4. The molecule has 4 rings (SSSR count). The summed E-state index contributed by atoms with van der Waals surface area (Å²) in [6.45, 7) is 5.00. The average molecular weight is 505 g/mol. The first kappa shape index (κ1) is 24.2. The number of aromatic nitrogens is 2. The maximum absolute atomic E-state index is 11.8. The van der Waals surface area contributed by atoms with Gasteiger partial charge in [-0.2, -0.15) is 0 Å². The number of nitrogens with one attached hydrogen (secondary N) is 2. The van der Waals surface area contributed by atoms with Crippen molar-refractivity contribution in [3.05, 3.63) is 58.7 Å². The van der Waals surface area contributed by atoms with Gasteiger partial charge in [-0.1, -0.05) is 29.8 Å². The molecule has 0 aliphatic carbocycles. The lowest BCUT2D eigenvalue weighted by molar-refractivity contribution is -0.117. The molecular weight excluding hydrogens is 479 g/mol. The van der Waals surface area contributed by atoms with Gasteiger partial charge in [-0.05, 0) is 30.7 Å². The van der Waals surface area contributed by atoms with Crippen LogP contribution in [0.5, 0.6) is 11.5 Å². The van der Waals surface area contributed by atoms with Crippen LogP contribution < -0.4 is 20.1 Å². The van der Waals surface area contributed by atoms with Crippen molar-refractivity contribution in [1.82, 2.24) is 14.9 Å². The minimum Gasteiger partial charge on any atom is -0.495 e. The normalized spacial score (nSPS) is 17.9. The van der Waals surface area contributed by atoms with Crippen molar-refractivity contribution in [2.24, 2.45) is 0 Å². The number of methoxy groups -OCH3 is 2. The highest BCUT2D eigenvalue weighted by atomic mass is 35.5. The van der Waals surface area contributed by atoms with Gasteiger partial charge in [-0.3, -0.25) is 4.79 Å². The molecule has 3 heterocycles. The van der Waals surface area contributed by atoms with Crippen LogP contribution in [0, 0.1) is 0 Å². The quantitative estimate of drug-likeness (QED) is 0.445. The number of hydrogen-bond acceptors (Lipinski definition) is 6. The van der Waals surface area contributed by atoms with E-state index in [1.807, 2.05) is 29.0 Å². The van der Waals surface area contributed by atoms with Crippen LogP contribution in [0.25, 0.3) is 11.0 Å². The number of benzene rings is 1. The van der Waals surface area contributed by atoms with Gasteiger partial charge >= 0.3 is 0 Å². The largest absolute Gasteiger partial charge is 0.495 e. The van der Waals surface area contributed by atoms with E-state index in [4.69, 9.17) is 42.4 Å². The predicted molar refractivity (Wildman–Crippen MR) is 133 cm³/mol. The van der Waals surface area contributed by atoms with Gasteiger partial charge in [0.1, 0.15) is 17.3 Å². The summed E-state index contributed by atoms with van der Waals surface area (Å²) in [6.07, 6.45) is 3.91. The van der Waals surface area contributed by atoms with E-state index >= 15 is 0 Å². The summed E-state index contributed by atoms with van der Waals surface area (Å²) in [5.74, 6) is 1.47. The molecule has 10 heteroatoms. The molecule has 1 aromatic carbocycles. The molecule has 2 aromatic heterocycles. The maximum atomic E-state index is 11.8. The summed E-state index contributed by atoms with van der Waals surface area (Å²) in [4.78, 5) is 16.5. The Hall–Kier alpha value is -2.94. The standard InChI is InChI=1S/C24H26Cl2N4O4/c1-4-22(31)29-15-8-10-34-13-17(15)28-21-6-5-18-16(27-21)7-9-30(18)12-14-23(25)19(32-2)11-20(33-3)24(14)26/h4-7,9,11,15,17H,1,8,10,12-13H2,2-3H3,(H,27,28)(H,29,31). The summed E-state index contributed by atoms with van der Waals surface area (Å²) in [7, 11) is 3.10. The Labute approximate surface area is 207 Å². The third-order valence-electron chi connectivity index (χ3n) is 5.82. The molecule has 8 nitrogen and oxygen atoms in total. The molecule has 1 fully saturated rings. The topological polar surface area (TPSA) is 86.6 Å². The number of hydrogen-bond donors (Lipinski definition) is 2. The van der Waals surface area contributed by atoms with E-state index < -0.39 is 0 Å². The smallest absolute Gasteiger partial charge is 0.243 e. The van der Waals surface area contributed by atoms with Crippen LogP contribution in [0.4, 0.5) is 5.82 Å². The van der Waals surface area contributed by atoms with Crippen LogP contribution in [0.2, 0.25) is 10.0 Å². The van der Waals surface area contributed by atoms with Gasteiger partial charge in [0.25, 0.3) is 0 Å². The summed E-state index contributed by atoms with van der Waals surface area (Å²) < 4.78 is 18.4. The Bertz CT molecular complexity index is 1190. The van der Waals surface area contributed by atoms with Gasteiger partial charge in [-0.25, -0.2) is 4.98 Å². The minimum absolute atomic E-state index is 0.0753. The Balaban J connectivity index is 1.57. The lowest BCUT2D eigenvalue weighted by Crippen LogP contribution is -2.52. The third-order valence-corrected chi connectivity index (χ3v) is 6.65. The van der Waals surface area contributed by atoms with Crippen molar-refractivity contribution in [2.45, 2.75) is 25.0 Å². The molecule has 1 aliphatic heterocycles. The van der Waals surface area contributed by atoms with E-state index in [1.54, 1.807) is 20.3 Å². The van der Waals surface area contributed by atoms with Crippen LogP contribution in [-0.4, -0.2) is 55.0 Å². The van der Waals surface area contributed by atoms with Crippen LogP contribution in [-0.2, 0) is 16.1 Å². The Kier molecular flexibility index (Phi) is 7.50. The first-order valence-electron chi connectivity index (χ1n) is 10.8. The van der Waals surface area contributed by atoms with E-state index in [1.165, 1.54) is 6.08 Å². The number of pyridine rings is 1. The molecule has 0 saturated carbocycles. The Morgan fingerprint density at radius 1 is 1.24 bits per heavy atom. The Morgan fingerprint density at radius 3 is 2.65 bits per heavy atom. The fraction of sp³-hybridized carbons (Fsp3) is 0.333. The monoisotopic (exact) mass is 504 g/mol. The number of amides is 1. The molecule has 2 N–H and O–H groups in total. The van der Waals surface area contributed by atoms with Crippen molar-refractivity contribution in [3.8, 4) is 11.5 Å². The number of anilines is 1. The molecule has 1 aliphatic rings. The predicted octanol–water partition coefficient (Wildman–Crippen LogP) is 4.28. The first-order valence-corrected chi connectivity index (χ1v) is 11.5. The van der Waals surface area contributed by atoms with Gasteiger partial charge in [0, 0.05) is 24.4 Å². The number of fused-ring (bicyclic) bond motifs is 1. The minimum atomic E-state index is -0.203. The first-order chi connectivity index (χ1) is 16.4. The number of nitrogens with zero attached hydrogens (tertiary/aromatic N) is 2. The molecule has 1 saturated heterocycles. The summed E-state index contributed by atoms with van der Waals surface area (Å²) in [6, 6.07) is 7.29. The second kappa shape index (κ2) is 10.5. The van der Waals surface area contributed by atoms with E-state index in [0.717, 1.165) is 11.0 Å². The van der Waals surface area contributed by atoms with Crippen molar-refractivity contribution >= 4 is 46.0 Å².